The fourth-order valence-electron chi connectivity index (χ4n) is 1.43. The second-order valence-electron chi connectivity index (χ2n) is 4.07. The van der Waals surface area contributed by atoms with Gasteiger partial charge in [-0.3, -0.25) is 4.68 Å². The summed E-state index contributed by atoms with van der Waals surface area (Å²) in [5.74, 6) is 1.40. The van der Waals surface area contributed by atoms with E-state index in [1.165, 1.54) is 0 Å². The Kier molecular flexibility index (Phi) is 2.60. The average Bonchev–Trinajstić information content (AvgIpc) is 2.64. The van der Waals surface area contributed by atoms with Crippen molar-refractivity contribution in [3.8, 4) is 11.5 Å². The van der Waals surface area contributed by atoms with E-state index in [2.05, 4.69) is 28.9 Å². The summed E-state index contributed by atoms with van der Waals surface area (Å²) in [5.41, 5.74) is 7.44. The van der Waals surface area contributed by atoms with Crippen LogP contribution >= 0.6 is 0 Å². The molecule has 0 radical (unpaired) electrons. The lowest BCUT2D eigenvalue weighted by atomic mass is 10.1. The highest BCUT2D eigenvalue weighted by atomic mass is 15.3. The van der Waals surface area contributed by atoms with Gasteiger partial charge in [-0.15, -0.1) is 0 Å². The molecule has 0 unspecified atom stereocenters. The maximum absolute atomic E-state index is 5.76. The number of aromatic nitrogens is 4. The summed E-state index contributed by atoms with van der Waals surface area (Å²) in [6.45, 7) is 4.15. The zero-order valence-corrected chi connectivity index (χ0v) is 9.68. The largest absolute Gasteiger partial charge is 0.384 e. The zero-order valence-electron chi connectivity index (χ0n) is 9.68. The Balaban J connectivity index is 2.49. The van der Waals surface area contributed by atoms with Gasteiger partial charge in [0.15, 0.2) is 5.82 Å². The molecule has 0 saturated carbocycles. The molecule has 84 valence electrons. The van der Waals surface area contributed by atoms with Crippen LogP contribution in [0.5, 0.6) is 0 Å². The van der Waals surface area contributed by atoms with E-state index >= 15 is 0 Å². The van der Waals surface area contributed by atoms with E-state index in [0.717, 1.165) is 11.4 Å². The Morgan fingerprint density at radius 3 is 2.62 bits per heavy atom. The highest BCUT2D eigenvalue weighted by Crippen LogP contribution is 2.18. The summed E-state index contributed by atoms with van der Waals surface area (Å²) >= 11 is 0. The third kappa shape index (κ3) is 2.03. The van der Waals surface area contributed by atoms with Crippen molar-refractivity contribution in [1.29, 1.82) is 0 Å². The first-order valence-corrected chi connectivity index (χ1v) is 5.20. The van der Waals surface area contributed by atoms with Gasteiger partial charge in [-0.25, -0.2) is 9.97 Å². The number of anilines is 1. The molecule has 0 bridgehead atoms. The van der Waals surface area contributed by atoms with Crippen molar-refractivity contribution in [1.82, 2.24) is 19.7 Å². The van der Waals surface area contributed by atoms with Crippen LogP contribution < -0.4 is 5.73 Å². The van der Waals surface area contributed by atoms with E-state index in [-0.39, 0.29) is 0 Å². The van der Waals surface area contributed by atoms with Crippen molar-refractivity contribution in [3.05, 3.63) is 24.0 Å². The smallest absolute Gasteiger partial charge is 0.182 e. The molecule has 5 nitrogen and oxygen atoms in total. The molecular formula is C11H15N5. The van der Waals surface area contributed by atoms with Crippen LogP contribution in [0.2, 0.25) is 0 Å². The second-order valence-corrected chi connectivity index (χ2v) is 4.07. The lowest BCUT2D eigenvalue weighted by Gasteiger charge is -2.06. The lowest BCUT2D eigenvalue weighted by molar-refractivity contribution is 0.766. The number of nitrogen functional groups attached to an aromatic ring is 1. The van der Waals surface area contributed by atoms with Crippen molar-refractivity contribution in [2.24, 2.45) is 7.05 Å². The monoisotopic (exact) mass is 217 g/mol. The van der Waals surface area contributed by atoms with Crippen LogP contribution in [0.4, 0.5) is 5.82 Å². The summed E-state index contributed by atoms with van der Waals surface area (Å²) in [6.07, 6.45) is 1.86. The number of hydrogen-bond acceptors (Lipinski definition) is 4. The van der Waals surface area contributed by atoms with Crippen LogP contribution in [-0.2, 0) is 7.05 Å². The van der Waals surface area contributed by atoms with E-state index < -0.39 is 0 Å². The highest BCUT2D eigenvalue weighted by Gasteiger charge is 2.09. The highest BCUT2D eigenvalue weighted by molar-refractivity contribution is 5.51. The van der Waals surface area contributed by atoms with Gasteiger partial charge in [-0.05, 0) is 12.0 Å². The molecule has 0 atom stereocenters. The normalized spacial score (nSPS) is 11.0. The number of nitrogens with two attached hydrogens (primary N) is 1. The van der Waals surface area contributed by atoms with Crippen molar-refractivity contribution < 1.29 is 0 Å². The third-order valence-electron chi connectivity index (χ3n) is 2.30. The topological polar surface area (TPSA) is 69.6 Å². The minimum atomic E-state index is 0.327. The van der Waals surface area contributed by atoms with E-state index in [9.17, 15) is 0 Å². The van der Waals surface area contributed by atoms with Crippen LogP contribution in [-0.4, -0.2) is 19.7 Å². The number of hydrogen-bond donors (Lipinski definition) is 1. The van der Waals surface area contributed by atoms with Gasteiger partial charge in [0.2, 0.25) is 0 Å². The molecule has 0 spiro atoms. The fraction of sp³-hybridized carbons (Fsp3) is 0.364. The quantitative estimate of drug-likeness (QED) is 0.829. The van der Waals surface area contributed by atoms with Gasteiger partial charge in [0.1, 0.15) is 11.5 Å². The van der Waals surface area contributed by atoms with E-state index in [1.807, 2.05) is 19.3 Å². The predicted molar refractivity (Wildman–Crippen MR) is 62.7 cm³/mol. The van der Waals surface area contributed by atoms with Gasteiger partial charge in [-0.1, -0.05) is 13.8 Å². The first-order chi connectivity index (χ1) is 7.56. The molecule has 0 saturated heterocycles. The molecule has 16 heavy (non-hydrogen) atoms. The second kappa shape index (κ2) is 3.92. The van der Waals surface area contributed by atoms with Gasteiger partial charge >= 0.3 is 0 Å². The molecule has 2 N–H and O–H groups in total. The summed E-state index contributed by atoms with van der Waals surface area (Å²) in [6, 6.07) is 3.68. The molecule has 2 rings (SSSR count). The molecule has 2 heterocycles. The molecule has 0 aliphatic heterocycles. The minimum absolute atomic E-state index is 0.327. The maximum atomic E-state index is 5.76. The number of nitrogens with zero attached hydrogens (tertiary/aromatic N) is 4. The Hall–Kier alpha value is -1.91. The van der Waals surface area contributed by atoms with Crippen LogP contribution in [0.3, 0.4) is 0 Å². The Bertz CT molecular complexity index is 501. The molecule has 0 fully saturated rings. The molecule has 0 aliphatic carbocycles. The lowest BCUT2D eigenvalue weighted by Crippen LogP contribution is -2.02. The van der Waals surface area contributed by atoms with E-state index in [1.54, 1.807) is 10.7 Å². The van der Waals surface area contributed by atoms with Crippen LogP contribution in [0, 0.1) is 0 Å². The summed E-state index contributed by atoms with van der Waals surface area (Å²) in [7, 11) is 1.86. The Morgan fingerprint density at radius 2 is 2.06 bits per heavy atom. The van der Waals surface area contributed by atoms with Crippen LogP contribution in [0.25, 0.3) is 11.5 Å². The standard InChI is InChI=1S/C11H15N5/c1-7(2)9-6-10(12)14-11(13-9)8-4-5-16(3)15-8/h4-7H,1-3H3,(H2,12,13,14). The molecule has 2 aromatic heterocycles. The minimum Gasteiger partial charge on any atom is -0.384 e. The molecule has 5 heteroatoms. The van der Waals surface area contributed by atoms with Crippen LogP contribution in [0.1, 0.15) is 25.5 Å². The van der Waals surface area contributed by atoms with Crippen LogP contribution in [0.15, 0.2) is 18.3 Å². The summed E-state index contributed by atoms with van der Waals surface area (Å²) in [4.78, 5) is 8.64. The summed E-state index contributed by atoms with van der Waals surface area (Å²) < 4.78 is 1.72. The van der Waals surface area contributed by atoms with Crippen molar-refractivity contribution in [2.45, 2.75) is 19.8 Å². The zero-order chi connectivity index (χ0) is 11.7. The fourth-order valence-corrected chi connectivity index (χ4v) is 1.43. The summed E-state index contributed by atoms with van der Waals surface area (Å²) in [5, 5.41) is 4.26. The van der Waals surface area contributed by atoms with E-state index in [4.69, 9.17) is 5.73 Å². The molecule has 0 aliphatic rings. The predicted octanol–water partition coefficient (Wildman–Crippen LogP) is 1.58. The van der Waals surface area contributed by atoms with E-state index in [0.29, 0.717) is 17.6 Å². The number of rotatable bonds is 2. The van der Waals surface area contributed by atoms with Crippen molar-refractivity contribution in [3.63, 3.8) is 0 Å². The molecule has 0 aromatic carbocycles. The Morgan fingerprint density at radius 1 is 1.31 bits per heavy atom. The van der Waals surface area contributed by atoms with Gasteiger partial charge in [0.05, 0.1) is 0 Å². The first kappa shape index (κ1) is 10.6. The van der Waals surface area contributed by atoms with Crippen molar-refractivity contribution in [2.75, 3.05) is 5.73 Å². The van der Waals surface area contributed by atoms with Gasteiger partial charge < -0.3 is 5.73 Å². The van der Waals surface area contributed by atoms with Gasteiger partial charge in [-0.2, -0.15) is 5.10 Å². The van der Waals surface area contributed by atoms with Gasteiger partial charge in [0.25, 0.3) is 0 Å². The Labute approximate surface area is 94.3 Å². The third-order valence-corrected chi connectivity index (χ3v) is 2.30. The first-order valence-electron chi connectivity index (χ1n) is 5.20. The van der Waals surface area contributed by atoms with Gasteiger partial charge in [0, 0.05) is 25.0 Å². The average molecular weight is 217 g/mol. The molecule has 2 aromatic rings. The molecular weight excluding hydrogens is 202 g/mol. The number of aryl methyl sites for hydroxylation is 1. The molecule has 0 amide bonds. The SMILES string of the molecule is CC(C)c1cc(N)nc(-c2ccn(C)n2)n1. The maximum Gasteiger partial charge on any atom is 0.182 e. The van der Waals surface area contributed by atoms with Crippen molar-refractivity contribution >= 4 is 5.82 Å².